The lowest BCUT2D eigenvalue weighted by molar-refractivity contribution is -0.146. The van der Waals surface area contributed by atoms with Gasteiger partial charge >= 0.3 is 5.97 Å². The van der Waals surface area contributed by atoms with E-state index in [-0.39, 0.29) is 5.97 Å². The van der Waals surface area contributed by atoms with Gasteiger partial charge in [-0.3, -0.25) is 9.78 Å². The number of rotatable bonds is 3. The molecule has 0 aliphatic heterocycles. The minimum absolute atomic E-state index is 0.281. The third-order valence-corrected chi connectivity index (χ3v) is 5.51. The SMILES string of the molecule is CC.COC(=O)C(C)(C)c1ccc2cncc(-c3ccc(C#N)c4ccccc34)c2c1. The molecular weight excluding hydrogens is 384 g/mol. The van der Waals surface area contributed by atoms with Crippen LogP contribution in [0.3, 0.4) is 0 Å². The van der Waals surface area contributed by atoms with Crippen LogP contribution in [0.15, 0.2) is 67.0 Å². The van der Waals surface area contributed by atoms with Crippen LogP contribution in [-0.2, 0) is 14.9 Å². The highest BCUT2D eigenvalue weighted by atomic mass is 16.5. The predicted octanol–water partition coefficient (Wildman–Crippen LogP) is 6.40. The van der Waals surface area contributed by atoms with Gasteiger partial charge in [0, 0.05) is 28.7 Å². The number of benzene rings is 3. The second-order valence-electron chi connectivity index (χ2n) is 7.56. The Balaban J connectivity index is 0.00000132. The van der Waals surface area contributed by atoms with Gasteiger partial charge in [-0.1, -0.05) is 56.3 Å². The standard InChI is InChI=1S/C25H20N2O2.C2H6/c1-25(2,24(28)29-3)18-10-8-17-14-27-15-23(22(17)12-18)21-11-9-16(13-26)19-6-4-5-7-20(19)21;1-2/h4-12,14-15H,1-3H3;1-2H3. The number of hydrogen-bond donors (Lipinski definition) is 0. The van der Waals surface area contributed by atoms with Gasteiger partial charge in [0.25, 0.3) is 0 Å². The van der Waals surface area contributed by atoms with E-state index in [9.17, 15) is 10.1 Å². The predicted molar refractivity (Wildman–Crippen MR) is 126 cm³/mol. The number of hydrogen-bond acceptors (Lipinski definition) is 4. The van der Waals surface area contributed by atoms with E-state index < -0.39 is 5.41 Å². The summed E-state index contributed by atoms with van der Waals surface area (Å²) in [5, 5.41) is 13.4. The van der Waals surface area contributed by atoms with Crippen molar-refractivity contribution in [3.05, 3.63) is 78.1 Å². The quantitative estimate of drug-likeness (QED) is 0.366. The zero-order valence-electron chi connectivity index (χ0n) is 18.6. The molecule has 1 aromatic heterocycles. The van der Waals surface area contributed by atoms with E-state index in [4.69, 9.17) is 4.74 Å². The fourth-order valence-corrected chi connectivity index (χ4v) is 3.77. The van der Waals surface area contributed by atoms with Crippen LogP contribution >= 0.6 is 0 Å². The average molecular weight is 411 g/mol. The average Bonchev–Trinajstić information content (AvgIpc) is 2.83. The summed E-state index contributed by atoms with van der Waals surface area (Å²) in [6.45, 7) is 7.72. The molecule has 0 saturated carbocycles. The van der Waals surface area contributed by atoms with Crippen molar-refractivity contribution in [2.24, 2.45) is 0 Å². The Kier molecular flexibility index (Phi) is 6.36. The number of carbonyl (C=O) groups is 1. The van der Waals surface area contributed by atoms with E-state index >= 15 is 0 Å². The molecule has 156 valence electrons. The zero-order valence-corrected chi connectivity index (χ0v) is 18.6. The summed E-state index contributed by atoms with van der Waals surface area (Å²) in [5.41, 5.74) is 2.72. The van der Waals surface area contributed by atoms with E-state index in [1.807, 2.05) is 94.7 Å². The number of aromatic nitrogens is 1. The zero-order chi connectivity index (χ0) is 22.6. The first kappa shape index (κ1) is 22.0. The molecule has 0 N–H and O–H groups in total. The minimum Gasteiger partial charge on any atom is -0.468 e. The van der Waals surface area contributed by atoms with Gasteiger partial charge in [0.2, 0.25) is 0 Å². The van der Waals surface area contributed by atoms with Crippen molar-refractivity contribution in [1.29, 1.82) is 5.26 Å². The van der Waals surface area contributed by atoms with Crippen LogP contribution in [0.1, 0.15) is 38.8 Å². The maximum Gasteiger partial charge on any atom is 0.315 e. The molecule has 0 amide bonds. The highest BCUT2D eigenvalue weighted by Gasteiger charge is 2.31. The molecule has 4 heteroatoms. The van der Waals surface area contributed by atoms with E-state index in [2.05, 4.69) is 11.1 Å². The molecule has 0 radical (unpaired) electrons. The molecule has 0 bridgehead atoms. The van der Waals surface area contributed by atoms with Crippen molar-refractivity contribution in [2.75, 3.05) is 7.11 Å². The molecule has 0 aliphatic carbocycles. The number of nitrogens with zero attached hydrogens (tertiary/aromatic N) is 2. The Morgan fingerprint density at radius 2 is 1.65 bits per heavy atom. The van der Waals surface area contributed by atoms with Gasteiger partial charge in [-0.15, -0.1) is 0 Å². The Morgan fingerprint density at radius 3 is 2.32 bits per heavy atom. The lowest BCUT2D eigenvalue weighted by Gasteiger charge is -2.23. The number of carbonyl (C=O) groups excluding carboxylic acids is 1. The lowest BCUT2D eigenvalue weighted by atomic mass is 9.83. The van der Waals surface area contributed by atoms with Gasteiger partial charge in [-0.2, -0.15) is 5.26 Å². The molecule has 0 saturated heterocycles. The first-order chi connectivity index (χ1) is 15.0. The first-order valence-corrected chi connectivity index (χ1v) is 10.4. The van der Waals surface area contributed by atoms with Crippen molar-refractivity contribution in [3.63, 3.8) is 0 Å². The summed E-state index contributed by atoms with van der Waals surface area (Å²) in [6.07, 6.45) is 3.66. The highest BCUT2D eigenvalue weighted by molar-refractivity contribution is 6.06. The third kappa shape index (κ3) is 3.87. The van der Waals surface area contributed by atoms with Crippen molar-refractivity contribution in [1.82, 2.24) is 4.98 Å². The molecular formula is C27H26N2O2. The van der Waals surface area contributed by atoms with Gasteiger partial charge < -0.3 is 4.74 Å². The van der Waals surface area contributed by atoms with Crippen LogP contribution in [-0.4, -0.2) is 18.1 Å². The minimum atomic E-state index is -0.768. The number of ether oxygens (including phenoxy) is 1. The Bertz CT molecular complexity index is 1300. The van der Waals surface area contributed by atoms with E-state index in [0.717, 1.165) is 38.2 Å². The maximum atomic E-state index is 12.3. The molecule has 0 aliphatic rings. The molecule has 1 heterocycles. The smallest absolute Gasteiger partial charge is 0.315 e. The van der Waals surface area contributed by atoms with Crippen LogP contribution in [0.25, 0.3) is 32.7 Å². The van der Waals surface area contributed by atoms with E-state index in [1.54, 1.807) is 0 Å². The molecule has 4 nitrogen and oxygen atoms in total. The second kappa shape index (κ2) is 8.97. The summed E-state index contributed by atoms with van der Waals surface area (Å²) in [7, 11) is 1.41. The normalized spacial score (nSPS) is 10.8. The van der Waals surface area contributed by atoms with E-state index in [0.29, 0.717) is 5.56 Å². The number of nitriles is 1. The summed E-state index contributed by atoms with van der Waals surface area (Å²) < 4.78 is 5.00. The van der Waals surface area contributed by atoms with Crippen molar-refractivity contribution in [2.45, 2.75) is 33.1 Å². The number of fused-ring (bicyclic) bond motifs is 2. The fraction of sp³-hybridized carbons (Fsp3) is 0.222. The van der Waals surface area contributed by atoms with Gasteiger partial charge in [-0.25, -0.2) is 0 Å². The first-order valence-electron chi connectivity index (χ1n) is 10.4. The molecule has 4 aromatic rings. The van der Waals surface area contributed by atoms with Gasteiger partial charge in [-0.05, 0) is 47.9 Å². The third-order valence-electron chi connectivity index (χ3n) is 5.51. The summed E-state index contributed by atoms with van der Waals surface area (Å²) in [5.74, 6) is -0.281. The van der Waals surface area contributed by atoms with Crippen LogP contribution in [0.2, 0.25) is 0 Å². The maximum absolute atomic E-state index is 12.3. The topological polar surface area (TPSA) is 63.0 Å². The Morgan fingerprint density at radius 1 is 0.935 bits per heavy atom. The Labute approximate surface area is 183 Å². The van der Waals surface area contributed by atoms with E-state index in [1.165, 1.54) is 7.11 Å². The number of pyridine rings is 1. The van der Waals surface area contributed by atoms with Crippen molar-refractivity contribution in [3.8, 4) is 17.2 Å². The van der Waals surface area contributed by atoms with Crippen molar-refractivity contribution >= 4 is 27.5 Å². The Hall–Kier alpha value is -3.71. The number of esters is 1. The molecule has 0 atom stereocenters. The molecule has 0 fully saturated rings. The van der Waals surface area contributed by atoms with Crippen LogP contribution in [0.5, 0.6) is 0 Å². The van der Waals surface area contributed by atoms with Crippen LogP contribution in [0.4, 0.5) is 0 Å². The lowest BCUT2D eigenvalue weighted by Crippen LogP contribution is -2.30. The molecule has 0 unspecified atom stereocenters. The highest BCUT2D eigenvalue weighted by Crippen LogP contribution is 2.36. The summed E-state index contributed by atoms with van der Waals surface area (Å²) in [4.78, 5) is 16.7. The number of methoxy groups -OCH3 is 1. The summed E-state index contributed by atoms with van der Waals surface area (Å²) in [6, 6.07) is 19.9. The summed E-state index contributed by atoms with van der Waals surface area (Å²) >= 11 is 0. The van der Waals surface area contributed by atoms with Gasteiger partial charge in [0.1, 0.15) is 0 Å². The fourth-order valence-electron chi connectivity index (χ4n) is 3.77. The van der Waals surface area contributed by atoms with Crippen LogP contribution in [0, 0.1) is 11.3 Å². The van der Waals surface area contributed by atoms with Gasteiger partial charge in [0.05, 0.1) is 24.2 Å². The second-order valence-corrected chi connectivity index (χ2v) is 7.56. The van der Waals surface area contributed by atoms with Crippen LogP contribution < -0.4 is 0 Å². The van der Waals surface area contributed by atoms with Gasteiger partial charge in [0.15, 0.2) is 0 Å². The monoisotopic (exact) mass is 410 g/mol. The van der Waals surface area contributed by atoms with Crippen molar-refractivity contribution < 1.29 is 9.53 Å². The molecule has 3 aromatic carbocycles. The molecule has 0 spiro atoms. The largest absolute Gasteiger partial charge is 0.468 e. The molecule has 31 heavy (non-hydrogen) atoms. The molecule has 4 rings (SSSR count).